The molecule has 5 heteroatoms. The Kier molecular flexibility index (Phi) is 7.63. The van der Waals surface area contributed by atoms with Gasteiger partial charge < -0.3 is 15.4 Å². The van der Waals surface area contributed by atoms with Gasteiger partial charge in [0, 0.05) is 13.7 Å². The van der Waals surface area contributed by atoms with Crippen molar-refractivity contribution in [3.05, 3.63) is 0 Å². The lowest BCUT2D eigenvalue weighted by Crippen LogP contribution is -2.55. The highest BCUT2D eigenvalue weighted by Crippen LogP contribution is 2.42. The molecule has 0 unspecified atom stereocenters. The van der Waals surface area contributed by atoms with Crippen molar-refractivity contribution in [1.82, 2.24) is 10.6 Å². The summed E-state index contributed by atoms with van der Waals surface area (Å²) < 4.78 is 5.62. The van der Waals surface area contributed by atoms with Gasteiger partial charge in [-0.2, -0.15) is 0 Å². The van der Waals surface area contributed by atoms with E-state index in [2.05, 4.69) is 24.5 Å². The maximum atomic E-state index is 12.7. The van der Waals surface area contributed by atoms with Crippen LogP contribution in [0.2, 0.25) is 0 Å². The summed E-state index contributed by atoms with van der Waals surface area (Å²) in [6.07, 6.45) is 7.89. The molecule has 1 aliphatic carbocycles. The molecule has 130 valence electrons. The number of rotatable bonds is 6. The summed E-state index contributed by atoms with van der Waals surface area (Å²) >= 11 is 0. The van der Waals surface area contributed by atoms with Crippen molar-refractivity contribution in [1.29, 1.82) is 0 Å². The minimum atomic E-state index is -0.608. The summed E-state index contributed by atoms with van der Waals surface area (Å²) in [4.78, 5) is 12.7. The van der Waals surface area contributed by atoms with E-state index in [0.717, 1.165) is 32.5 Å². The molecule has 2 rings (SSSR count). The normalized spacial score (nSPS) is 23.1. The van der Waals surface area contributed by atoms with Gasteiger partial charge in [-0.3, -0.25) is 4.79 Å². The highest BCUT2D eigenvalue weighted by molar-refractivity contribution is 5.85. The molecule has 4 nitrogen and oxygen atoms in total. The van der Waals surface area contributed by atoms with Crippen LogP contribution in [0.4, 0.5) is 0 Å². The molecule has 1 saturated carbocycles. The van der Waals surface area contributed by atoms with Crippen LogP contribution in [0.3, 0.4) is 0 Å². The Morgan fingerprint density at radius 3 is 2.27 bits per heavy atom. The predicted octanol–water partition coefficient (Wildman–Crippen LogP) is 2.90. The van der Waals surface area contributed by atoms with E-state index in [9.17, 15) is 4.79 Å². The molecule has 22 heavy (non-hydrogen) atoms. The number of methoxy groups -OCH3 is 1. The number of nitrogens with one attached hydrogen (secondary N) is 2. The van der Waals surface area contributed by atoms with Crippen LogP contribution in [-0.4, -0.2) is 38.3 Å². The first-order valence-electron chi connectivity index (χ1n) is 8.56. The lowest BCUT2D eigenvalue weighted by Gasteiger charge is -2.37. The van der Waals surface area contributed by atoms with Crippen LogP contribution < -0.4 is 10.6 Å². The maximum absolute atomic E-state index is 12.7. The molecule has 0 aromatic carbocycles. The fraction of sp³-hybridized carbons (Fsp3) is 0.941. The molecule has 0 radical (unpaired) electrons. The van der Waals surface area contributed by atoms with E-state index in [0.29, 0.717) is 11.3 Å². The molecule has 0 bridgehead atoms. The molecule has 1 aliphatic heterocycles. The van der Waals surface area contributed by atoms with Gasteiger partial charge >= 0.3 is 0 Å². The summed E-state index contributed by atoms with van der Waals surface area (Å²) in [5.74, 6) is 0.789. The van der Waals surface area contributed by atoms with Gasteiger partial charge in [0.2, 0.25) is 0 Å². The molecule has 0 aromatic rings. The van der Waals surface area contributed by atoms with Gasteiger partial charge in [-0.1, -0.05) is 26.7 Å². The number of carbonyl (C=O) groups excluding carboxylic acids is 1. The zero-order valence-electron chi connectivity index (χ0n) is 14.4. The number of hydrogen-bond acceptors (Lipinski definition) is 3. The van der Waals surface area contributed by atoms with Crippen molar-refractivity contribution < 1.29 is 9.53 Å². The minimum absolute atomic E-state index is 0. The minimum Gasteiger partial charge on any atom is -0.368 e. The van der Waals surface area contributed by atoms with Gasteiger partial charge in [-0.25, -0.2) is 0 Å². The third kappa shape index (κ3) is 4.59. The van der Waals surface area contributed by atoms with E-state index in [1.54, 1.807) is 7.11 Å². The Labute approximate surface area is 141 Å². The summed E-state index contributed by atoms with van der Waals surface area (Å²) in [6, 6.07) is 0. The number of piperidine rings is 1. The Hall–Kier alpha value is -0.320. The molecule has 0 spiro atoms. The van der Waals surface area contributed by atoms with Crippen molar-refractivity contribution in [2.75, 3.05) is 26.7 Å². The molecule has 2 fully saturated rings. The van der Waals surface area contributed by atoms with Crippen molar-refractivity contribution in [3.8, 4) is 0 Å². The van der Waals surface area contributed by atoms with Crippen molar-refractivity contribution in [3.63, 3.8) is 0 Å². The Morgan fingerprint density at radius 2 is 1.77 bits per heavy atom. The Bertz CT molecular complexity index is 349. The summed E-state index contributed by atoms with van der Waals surface area (Å²) in [6.45, 7) is 7.11. The fourth-order valence-corrected chi connectivity index (χ4v) is 4.23. The third-order valence-electron chi connectivity index (χ3n) is 5.35. The second kappa shape index (κ2) is 8.51. The van der Waals surface area contributed by atoms with Crippen molar-refractivity contribution >= 4 is 18.3 Å². The predicted molar refractivity (Wildman–Crippen MR) is 92.5 cm³/mol. The van der Waals surface area contributed by atoms with E-state index in [-0.39, 0.29) is 18.3 Å². The van der Waals surface area contributed by atoms with Crippen LogP contribution in [0.25, 0.3) is 0 Å². The molecular weight excluding hydrogens is 300 g/mol. The average Bonchev–Trinajstić information content (AvgIpc) is 2.93. The first kappa shape index (κ1) is 19.7. The van der Waals surface area contributed by atoms with Crippen LogP contribution in [0.5, 0.6) is 0 Å². The number of carbonyl (C=O) groups is 1. The highest BCUT2D eigenvalue weighted by Gasteiger charge is 2.41. The van der Waals surface area contributed by atoms with E-state index < -0.39 is 5.60 Å². The summed E-state index contributed by atoms with van der Waals surface area (Å²) in [5.41, 5.74) is -0.283. The average molecular weight is 333 g/mol. The summed E-state index contributed by atoms with van der Waals surface area (Å²) in [7, 11) is 1.67. The topological polar surface area (TPSA) is 50.4 Å². The number of halogens is 1. The number of amides is 1. The van der Waals surface area contributed by atoms with Gasteiger partial charge in [0.1, 0.15) is 5.60 Å². The molecule has 0 aromatic heterocycles. The second-order valence-electron chi connectivity index (χ2n) is 7.44. The standard InChI is InChI=1S/C17H32N2O2.ClH/c1-14(2)12-16(6-4-5-7-16)13-19-15(20)17(21-3)8-10-18-11-9-17;/h14,18H,4-13H2,1-3H3,(H,19,20);1H. The Morgan fingerprint density at radius 1 is 1.18 bits per heavy atom. The summed E-state index contributed by atoms with van der Waals surface area (Å²) in [5, 5.41) is 6.54. The molecule has 0 atom stereocenters. The number of ether oxygens (including phenoxy) is 1. The maximum Gasteiger partial charge on any atom is 0.252 e. The first-order valence-corrected chi connectivity index (χ1v) is 8.56. The Balaban J connectivity index is 0.00000242. The fourth-order valence-electron chi connectivity index (χ4n) is 4.23. The molecular formula is C17H33ClN2O2. The second-order valence-corrected chi connectivity index (χ2v) is 7.44. The van der Waals surface area contributed by atoms with Crippen LogP contribution in [0.15, 0.2) is 0 Å². The van der Waals surface area contributed by atoms with Gasteiger partial charge in [0.05, 0.1) is 0 Å². The SMILES string of the molecule is COC1(C(=O)NCC2(CC(C)C)CCCC2)CCNCC1.Cl. The van der Waals surface area contributed by atoms with Gasteiger partial charge in [0.25, 0.3) is 5.91 Å². The highest BCUT2D eigenvalue weighted by atomic mass is 35.5. The molecule has 1 saturated heterocycles. The zero-order chi connectivity index (χ0) is 15.3. The quantitative estimate of drug-likeness (QED) is 0.786. The van der Waals surface area contributed by atoms with Gasteiger partial charge in [-0.15, -0.1) is 12.4 Å². The van der Waals surface area contributed by atoms with Crippen LogP contribution in [-0.2, 0) is 9.53 Å². The first-order chi connectivity index (χ1) is 10.0. The van der Waals surface area contributed by atoms with E-state index in [4.69, 9.17) is 4.74 Å². The molecule has 2 aliphatic rings. The smallest absolute Gasteiger partial charge is 0.252 e. The van der Waals surface area contributed by atoms with Crippen LogP contribution in [0.1, 0.15) is 58.8 Å². The van der Waals surface area contributed by atoms with Crippen molar-refractivity contribution in [2.24, 2.45) is 11.3 Å². The van der Waals surface area contributed by atoms with Crippen molar-refractivity contribution in [2.45, 2.75) is 64.4 Å². The largest absolute Gasteiger partial charge is 0.368 e. The van der Waals surface area contributed by atoms with E-state index in [1.807, 2.05) is 0 Å². The third-order valence-corrected chi connectivity index (χ3v) is 5.35. The van der Waals surface area contributed by atoms with Gasteiger partial charge in [-0.05, 0) is 56.5 Å². The molecule has 1 amide bonds. The lowest BCUT2D eigenvalue weighted by molar-refractivity contribution is -0.147. The van der Waals surface area contributed by atoms with Crippen LogP contribution in [0, 0.1) is 11.3 Å². The van der Waals surface area contributed by atoms with Crippen LogP contribution >= 0.6 is 12.4 Å². The molecule has 2 N–H and O–H groups in total. The van der Waals surface area contributed by atoms with E-state index in [1.165, 1.54) is 32.1 Å². The van der Waals surface area contributed by atoms with E-state index >= 15 is 0 Å². The lowest BCUT2D eigenvalue weighted by atomic mass is 9.78. The zero-order valence-corrected chi connectivity index (χ0v) is 15.2. The monoisotopic (exact) mass is 332 g/mol. The van der Waals surface area contributed by atoms with Gasteiger partial charge in [0.15, 0.2) is 0 Å². The molecule has 1 heterocycles. The number of hydrogen-bond donors (Lipinski definition) is 2.